The fourth-order valence-corrected chi connectivity index (χ4v) is 2.08. The minimum Gasteiger partial charge on any atom is -0.366 e. The minimum atomic E-state index is -0.673. The average Bonchev–Trinajstić information content (AvgIpc) is 2.67. The first-order valence-corrected chi connectivity index (χ1v) is 5.52. The van der Waals surface area contributed by atoms with Gasteiger partial charge in [-0.3, -0.25) is 19.6 Å². The third kappa shape index (κ3) is 2.00. The third-order valence-corrected chi connectivity index (χ3v) is 3.11. The van der Waals surface area contributed by atoms with Gasteiger partial charge in [0.1, 0.15) is 18.0 Å². The summed E-state index contributed by atoms with van der Waals surface area (Å²) in [6, 6.07) is -0.673. The monoisotopic (exact) mass is 254 g/mol. The van der Waals surface area contributed by atoms with Gasteiger partial charge in [-0.05, 0) is 6.92 Å². The Kier molecular flexibility index (Phi) is 3.14. The van der Waals surface area contributed by atoms with Gasteiger partial charge in [0.2, 0.25) is 0 Å². The summed E-state index contributed by atoms with van der Waals surface area (Å²) < 4.78 is 6.93. The number of nitrogens with zero attached hydrogens (tertiary/aromatic N) is 3. The lowest BCUT2D eigenvalue weighted by Gasteiger charge is -2.31. The molecule has 2 N–H and O–H groups in total. The van der Waals surface area contributed by atoms with Gasteiger partial charge in [0.05, 0.1) is 17.1 Å². The van der Waals surface area contributed by atoms with Crippen LogP contribution in [0, 0.1) is 10.1 Å². The quantitative estimate of drug-likeness (QED) is 0.590. The lowest BCUT2D eigenvalue weighted by atomic mass is 9.96. The lowest BCUT2D eigenvalue weighted by Crippen LogP contribution is -2.47. The number of aromatic nitrogens is 2. The number of ether oxygens (including phenoxy) is 1. The Morgan fingerprint density at radius 1 is 1.67 bits per heavy atom. The number of rotatable bonds is 2. The summed E-state index contributed by atoms with van der Waals surface area (Å²) >= 11 is 0. The zero-order valence-corrected chi connectivity index (χ0v) is 10.1. The predicted molar refractivity (Wildman–Crippen MR) is 60.7 cm³/mol. The largest absolute Gasteiger partial charge is 0.366 e. The van der Waals surface area contributed by atoms with Crippen LogP contribution in [0.2, 0.25) is 0 Å². The van der Waals surface area contributed by atoms with Gasteiger partial charge in [0, 0.05) is 13.5 Å². The van der Waals surface area contributed by atoms with E-state index in [4.69, 9.17) is 10.5 Å². The SMILES string of the molecule is CC1OC(c2c([N+](=O)[O-])cnn2C)CC(=O)C1N. The van der Waals surface area contributed by atoms with E-state index in [1.807, 2.05) is 0 Å². The van der Waals surface area contributed by atoms with Crippen LogP contribution in [0.25, 0.3) is 0 Å². The van der Waals surface area contributed by atoms with Crippen LogP contribution >= 0.6 is 0 Å². The van der Waals surface area contributed by atoms with Crippen molar-refractivity contribution >= 4 is 11.5 Å². The topological polar surface area (TPSA) is 113 Å². The van der Waals surface area contributed by atoms with Gasteiger partial charge < -0.3 is 10.5 Å². The molecule has 1 aromatic heterocycles. The maximum atomic E-state index is 11.7. The minimum absolute atomic E-state index is 0.0336. The van der Waals surface area contributed by atoms with Gasteiger partial charge >= 0.3 is 5.69 Å². The molecule has 18 heavy (non-hydrogen) atoms. The van der Waals surface area contributed by atoms with Crippen molar-refractivity contribution in [2.24, 2.45) is 12.8 Å². The molecule has 98 valence electrons. The molecule has 1 aromatic rings. The summed E-state index contributed by atoms with van der Waals surface area (Å²) in [5, 5.41) is 14.7. The Hall–Kier alpha value is -1.80. The molecule has 2 rings (SSSR count). The second kappa shape index (κ2) is 4.46. The smallest absolute Gasteiger partial charge is 0.312 e. The molecule has 1 aliphatic heterocycles. The Morgan fingerprint density at radius 3 is 2.89 bits per heavy atom. The number of carbonyl (C=O) groups is 1. The number of ketones is 1. The van der Waals surface area contributed by atoms with Crippen molar-refractivity contribution in [3.05, 3.63) is 22.0 Å². The molecule has 0 aliphatic carbocycles. The highest BCUT2D eigenvalue weighted by molar-refractivity contribution is 5.85. The predicted octanol–water partition coefficient (Wildman–Crippen LogP) is 0.0746. The van der Waals surface area contributed by atoms with Crippen LogP contribution in [0.5, 0.6) is 0 Å². The van der Waals surface area contributed by atoms with E-state index >= 15 is 0 Å². The van der Waals surface area contributed by atoms with Crippen molar-refractivity contribution in [1.82, 2.24) is 9.78 Å². The maximum Gasteiger partial charge on any atom is 0.312 e. The van der Waals surface area contributed by atoms with E-state index in [1.54, 1.807) is 14.0 Å². The summed E-state index contributed by atoms with van der Waals surface area (Å²) in [5.74, 6) is -0.158. The molecule has 3 atom stereocenters. The molecule has 0 aromatic carbocycles. The number of Topliss-reactive ketones (excluding diaryl/α,β-unsaturated/α-hetero) is 1. The fourth-order valence-electron chi connectivity index (χ4n) is 2.08. The molecule has 0 amide bonds. The molecule has 8 nitrogen and oxygen atoms in total. The van der Waals surface area contributed by atoms with E-state index in [9.17, 15) is 14.9 Å². The molecule has 0 spiro atoms. The number of aryl methyl sites for hydroxylation is 1. The van der Waals surface area contributed by atoms with Crippen molar-refractivity contribution in [3.8, 4) is 0 Å². The normalized spacial score (nSPS) is 28.4. The van der Waals surface area contributed by atoms with Crippen LogP contribution in [0.3, 0.4) is 0 Å². The second-order valence-electron chi connectivity index (χ2n) is 4.32. The zero-order valence-electron chi connectivity index (χ0n) is 10.1. The number of hydrogen-bond donors (Lipinski definition) is 1. The first kappa shape index (κ1) is 12.7. The van der Waals surface area contributed by atoms with E-state index in [0.717, 1.165) is 6.20 Å². The van der Waals surface area contributed by atoms with E-state index in [1.165, 1.54) is 4.68 Å². The molecular formula is C10H14N4O4. The van der Waals surface area contributed by atoms with Crippen molar-refractivity contribution in [2.75, 3.05) is 0 Å². The van der Waals surface area contributed by atoms with Crippen molar-refractivity contribution in [3.63, 3.8) is 0 Å². The van der Waals surface area contributed by atoms with Gasteiger partial charge in [-0.25, -0.2) is 0 Å². The maximum absolute atomic E-state index is 11.7. The highest BCUT2D eigenvalue weighted by Gasteiger charge is 2.38. The van der Waals surface area contributed by atoms with Crippen LogP contribution in [0.15, 0.2) is 6.20 Å². The Labute approximate surface area is 103 Å². The van der Waals surface area contributed by atoms with Crippen LogP contribution in [0.1, 0.15) is 25.1 Å². The van der Waals surface area contributed by atoms with E-state index < -0.39 is 23.2 Å². The summed E-state index contributed by atoms with van der Waals surface area (Å²) in [6.07, 6.45) is 0.0554. The molecule has 0 saturated carbocycles. The molecule has 0 radical (unpaired) electrons. The molecule has 1 aliphatic rings. The first-order valence-electron chi connectivity index (χ1n) is 5.52. The summed E-state index contributed by atoms with van der Waals surface area (Å²) in [6.45, 7) is 1.68. The third-order valence-electron chi connectivity index (χ3n) is 3.11. The number of hydrogen-bond acceptors (Lipinski definition) is 6. The molecule has 1 saturated heterocycles. The summed E-state index contributed by atoms with van der Waals surface area (Å²) in [7, 11) is 1.58. The Bertz CT molecular complexity index is 498. The number of nitrogens with two attached hydrogens (primary N) is 1. The Balaban J connectivity index is 2.35. The first-order chi connectivity index (χ1) is 8.41. The summed E-state index contributed by atoms with van der Waals surface area (Å²) in [4.78, 5) is 22.1. The summed E-state index contributed by atoms with van der Waals surface area (Å²) in [5.41, 5.74) is 5.80. The molecular weight excluding hydrogens is 240 g/mol. The molecule has 8 heteroatoms. The van der Waals surface area contributed by atoms with Gasteiger partial charge in [-0.1, -0.05) is 0 Å². The van der Waals surface area contributed by atoms with Gasteiger partial charge in [0.15, 0.2) is 5.78 Å². The van der Waals surface area contributed by atoms with E-state index in [2.05, 4.69) is 5.10 Å². The van der Waals surface area contributed by atoms with E-state index in [-0.39, 0.29) is 17.9 Å². The average molecular weight is 254 g/mol. The second-order valence-corrected chi connectivity index (χ2v) is 4.32. The van der Waals surface area contributed by atoms with Crippen molar-refractivity contribution in [1.29, 1.82) is 0 Å². The number of nitro groups is 1. The zero-order chi connectivity index (χ0) is 13.4. The van der Waals surface area contributed by atoms with Crippen molar-refractivity contribution < 1.29 is 14.5 Å². The van der Waals surface area contributed by atoms with E-state index in [0.29, 0.717) is 5.69 Å². The molecule has 2 heterocycles. The highest BCUT2D eigenvalue weighted by Crippen LogP contribution is 2.33. The highest BCUT2D eigenvalue weighted by atomic mass is 16.6. The van der Waals surface area contributed by atoms with Crippen LogP contribution < -0.4 is 5.73 Å². The number of carbonyl (C=O) groups excluding carboxylic acids is 1. The lowest BCUT2D eigenvalue weighted by molar-refractivity contribution is -0.386. The van der Waals surface area contributed by atoms with Crippen LogP contribution in [0.4, 0.5) is 5.69 Å². The molecule has 0 bridgehead atoms. The van der Waals surface area contributed by atoms with Crippen LogP contribution in [-0.4, -0.2) is 32.6 Å². The van der Waals surface area contributed by atoms with Crippen LogP contribution in [-0.2, 0) is 16.6 Å². The molecule has 1 fully saturated rings. The van der Waals surface area contributed by atoms with Gasteiger partial charge in [-0.2, -0.15) is 5.10 Å². The van der Waals surface area contributed by atoms with Crippen molar-refractivity contribution in [2.45, 2.75) is 31.6 Å². The standard InChI is InChI=1S/C10H14N4O4/c1-5-9(11)7(15)3-8(18-5)10-6(14(16)17)4-12-13(10)2/h4-5,8-9H,3,11H2,1-2H3. The molecule has 3 unspecified atom stereocenters. The van der Waals surface area contributed by atoms with Gasteiger partial charge in [0.25, 0.3) is 0 Å². The Morgan fingerprint density at radius 2 is 2.33 bits per heavy atom. The van der Waals surface area contributed by atoms with Gasteiger partial charge in [-0.15, -0.1) is 0 Å². The fraction of sp³-hybridized carbons (Fsp3) is 0.600.